The second-order valence-electron chi connectivity index (χ2n) is 7.61. The molecular weight excluding hydrogens is 479 g/mol. The van der Waals surface area contributed by atoms with Crippen LogP contribution in [-0.4, -0.2) is 40.7 Å². The second-order valence-corrected chi connectivity index (χ2v) is 7.61. The van der Waals surface area contributed by atoms with Gasteiger partial charge >= 0.3 is 0 Å². The van der Waals surface area contributed by atoms with Gasteiger partial charge in [-0.15, -0.1) is 24.0 Å². The Morgan fingerprint density at radius 1 is 1.28 bits per heavy atom. The highest BCUT2D eigenvalue weighted by atomic mass is 127. The summed E-state index contributed by atoms with van der Waals surface area (Å²) < 4.78 is 5.29. The van der Waals surface area contributed by atoms with Crippen molar-refractivity contribution >= 4 is 29.9 Å². The zero-order valence-corrected chi connectivity index (χ0v) is 19.8. The zero-order chi connectivity index (χ0) is 19.6. The van der Waals surface area contributed by atoms with Crippen molar-refractivity contribution in [2.75, 3.05) is 13.6 Å². The Bertz CT molecular complexity index is 730. The maximum atomic E-state index is 5.29. The fraction of sp³-hybridized carbons (Fsp3) is 0.619. The summed E-state index contributed by atoms with van der Waals surface area (Å²) in [5.41, 5.74) is 0.693. The molecular formula is C21H33IN6O. The van der Waals surface area contributed by atoms with E-state index in [0.29, 0.717) is 36.4 Å². The van der Waals surface area contributed by atoms with Crippen LogP contribution in [0.3, 0.4) is 0 Å². The molecule has 29 heavy (non-hydrogen) atoms. The fourth-order valence-electron chi connectivity index (χ4n) is 3.70. The molecule has 2 heterocycles. The first-order chi connectivity index (χ1) is 13.7. The molecule has 1 saturated carbocycles. The van der Waals surface area contributed by atoms with Gasteiger partial charge in [-0.05, 0) is 37.8 Å². The standard InChI is InChI=1S/C21H32N6O.HI/c1-16(11-12-17-8-4-3-5-9-17)25-21(22-2)24-15-13-19-26-20(28-27-19)18-10-6-7-14-23-18;/h6-7,10,14,16-17H,3-5,8-9,11-13,15H2,1-2H3,(H2,22,24,25);1H. The summed E-state index contributed by atoms with van der Waals surface area (Å²) in [7, 11) is 1.80. The number of hydrogen-bond acceptors (Lipinski definition) is 5. The molecule has 2 aromatic heterocycles. The normalized spacial score (nSPS) is 16.1. The number of pyridine rings is 1. The molecule has 7 nitrogen and oxygen atoms in total. The van der Waals surface area contributed by atoms with Crippen LogP contribution in [0.15, 0.2) is 33.9 Å². The third-order valence-corrected chi connectivity index (χ3v) is 5.33. The molecule has 0 aromatic carbocycles. The SMILES string of the molecule is CN=C(NCCc1noc(-c2ccccn2)n1)NC(C)CCC1CCCCC1.I. The van der Waals surface area contributed by atoms with Crippen LogP contribution in [0.1, 0.15) is 57.7 Å². The Kier molecular flexibility index (Phi) is 10.4. The number of nitrogens with one attached hydrogen (secondary N) is 2. The first kappa shape index (κ1) is 23.6. The van der Waals surface area contributed by atoms with Gasteiger partial charge in [-0.1, -0.05) is 43.3 Å². The molecule has 1 aliphatic carbocycles. The van der Waals surface area contributed by atoms with Gasteiger partial charge in [0.2, 0.25) is 0 Å². The molecule has 1 unspecified atom stereocenters. The molecule has 8 heteroatoms. The van der Waals surface area contributed by atoms with E-state index in [2.05, 4.69) is 37.7 Å². The van der Waals surface area contributed by atoms with Crippen molar-refractivity contribution in [3.8, 4) is 11.6 Å². The first-order valence-corrected chi connectivity index (χ1v) is 10.5. The highest BCUT2D eigenvalue weighted by Gasteiger charge is 2.15. The smallest absolute Gasteiger partial charge is 0.276 e. The lowest BCUT2D eigenvalue weighted by molar-refractivity contribution is 0.322. The summed E-state index contributed by atoms with van der Waals surface area (Å²) in [6, 6.07) is 6.03. The van der Waals surface area contributed by atoms with Crippen LogP contribution in [0.2, 0.25) is 0 Å². The van der Waals surface area contributed by atoms with Crippen molar-refractivity contribution in [2.45, 2.75) is 64.3 Å². The molecule has 0 aliphatic heterocycles. The molecule has 3 rings (SSSR count). The number of rotatable bonds is 8. The van der Waals surface area contributed by atoms with E-state index in [1.807, 2.05) is 18.2 Å². The van der Waals surface area contributed by atoms with Gasteiger partial charge in [-0.25, -0.2) is 0 Å². The summed E-state index contributed by atoms with van der Waals surface area (Å²) in [6.07, 6.45) is 11.9. The van der Waals surface area contributed by atoms with Crippen LogP contribution in [0.4, 0.5) is 0 Å². The van der Waals surface area contributed by atoms with Crippen LogP contribution in [0.25, 0.3) is 11.6 Å². The Morgan fingerprint density at radius 3 is 2.83 bits per heavy atom. The van der Waals surface area contributed by atoms with Gasteiger partial charge < -0.3 is 15.2 Å². The summed E-state index contributed by atoms with van der Waals surface area (Å²) >= 11 is 0. The Morgan fingerprint density at radius 2 is 2.10 bits per heavy atom. The van der Waals surface area contributed by atoms with Crippen molar-refractivity contribution in [2.24, 2.45) is 10.9 Å². The quantitative estimate of drug-likeness (QED) is 0.313. The number of halogens is 1. The third-order valence-electron chi connectivity index (χ3n) is 5.33. The summed E-state index contributed by atoms with van der Waals surface area (Å²) in [5.74, 6) is 2.85. The Hall–Kier alpha value is -1.71. The van der Waals surface area contributed by atoms with E-state index in [1.165, 1.54) is 44.9 Å². The van der Waals surface area contributed by atoms with Crippen molar-refractivity contribution in [1.82, 2.24) is 25.8 Å². The number of nitrogens with zero attached hydrogens (tertiary/aromatic N) is 4. The van der Waals surface area contributed by atoms with Crippen LogP contribution in [0.5, 0.6) is 0 Å². The van der Waals surface area contributed by atoms with E-state index in [0.717, 1.165) is 11.9 Å². The van der Waals surface area contributed by atoms with Crippen molar-refractivity contribution in [3.63, 3.8) is 0 Å². The molecule has 1 aliphatic rings. The van der Waals surface area contributed by atoms with E-state index < -0.39 is 0 Å². The van der Waals surface area contributed by atoms with Crippen LogP contribution in [-0.2, 0) is 6.42 Å². The minimum Gasteiger partial charge on any atom is -0.356 e. The average molecular weight is 512 g/mol. The predicted octanol–water partition coefficient (Wildman–Crippen LogP) is 4.21. The van der Waals surface area contributed by atoms with Gasteiger partial charge in [0, 0.05) is 32.3 Å². The van der Waals surface area contributed by atoms with Crippen LogP contribution < -0.4 is 10.6 Å². The molecule has 0 saturated heterocycles. The molecule has 160 valence electrons. The number of hydrogen-bond donors (Lipinski definition) is 2. The molecule has 0 amide bonds. The molecule has 0 bridgehead atoms. The fourth-order valence-corrected chi connectivity index (χ4v) is 3.70. The summed E-state index contributed by atoms with van der Waals surface area (Å²) in [4.78, 5) is 13.0. The average Bonchev–Trinajstić information content (AvgIpc) is 3.22. The van der Waals surface area contributed by atoms with Crippen molar-refractivity contribution < 1.29 is 4.52 Å². The van der Waals surface area contributed by atoms with Crippen molar-refractivity contribution in [3.05, 3.63) is 30.2 Å². The van der Waals surface area contributed by atoms with E-state index in [-0.39, 0.29) is 24.0 Å². The van der Waals surface area contributed by atoms with Gasteiger partial charge in [0.05, 0.1) is 0 Å². The molecule has 0 radical (unpaired) electrons. The lowest BCUT2D eigenvalue weighted by Crippen LogP contribution is -2.43. The zero-order valence-electron chi connectivity index (χ0n) is 17.4. The van der Waals surface area contributed by atoms with Crippen LogP contribution >= 0.6 is 24.0 Å². The maximum absolute atomic E-state index is 5.29. The number of guanidine groups is 1. The summed E-state index contributed by atoms with van der Waals surface area (Å²) in [5, 5.41) is 10.9. The molecule has 2 N–H and O–H groups in total. The van der Waals surface area contributed by atoms with E-state index in [9.17, 15) is 0 Å². The highest BCUT2D eigenvalue weighted by molar-refractivity contribution is 14.0. The number of aliphatic imine (C=N–C) groups is 1. The second kappa shape index (κ2) is 12.8. The third kappa shape index (κ3) is 7.91. The van der Waals surface area contributed by atoms with Gasteiger partial charge in [-0.2, -0.15) is 4.98 Å². The Labute approximate surface area is 190 Å². The van der Waals surface area contributed by atoms with Gasteiger partial charge in [0.1, 0.15) is 5.69 Å². The van der Waals surface area contributed by atoms with E-state index in [1.54, 1.807) is 13.2 Å². The topological polar surface area (TPSA) is 88.2 Å². The highest BCUT2D eigenvalue weighted by Crippen LogP contribution is 2.27. The van der Waals surface area contributed by atoms with Gasteiger partial charge in [0.25, 0.3) is 5.89 Å². The van der Waals surface area contributed by atoms with Crippen molar-refractivity contribution in [1.29, 1.82) is 0 Å². The van der Waals surface area contributed by atoms with Crippen LogP contribution in [0, 0.1) is 5.92 Å². The van der Waals surface area contributed by atoms with E-state index in [4.69, 9.17) is 4.52 Å². The Balaban J connectivity index is 0.00000300. The predicted molar refractivity (Wildman–Crippen MR) is 126 cm³/mol. The van der Waals surface area contributed by atoms with Gasteiger partial charge in [0.15, 0.2) is 11.8 Å². The molecule has 0 spiro atoms. The molecule has 1 fully saturated rings. The summed E-state index contributed by atoms with van der Waals surface area (Å²) in [6.45, 7) is 2.92. The minimum absolute atomic E-state index is 0. The lowest BCUT2D eigenvalue weighted by atomic mass is 9.85. The monoisotopic (exact) mass is 512 g/mol. The molecule has 1 atom stereocenters. The lowest BCUT2D eigenvalue weighted by Gasteiger charge is -2.24. The first-order valence-electron chi connectivity index (χ1n) is 10.5. The maximum Gasteiger partial charge on any atom is 0.276 e. The minimum atomic E-state index is 0. The molecule has 2 aromatic rings. The largest absolute Gasteiger partial charge is 0.356 e. The van der Waals surface area contributed by atoms with E-state index >= 15 is 0 Å². The number of aromatic nitrogens is 3. The van der Waals surface area contributed by atoms with Gasteiger partial charge in [-0.3, -0.25) is 9.98 Å².